The van der Waals surface area contributed by atoms with Crippen molar-refractivity contribution in [2.45, 2.75) is 32.2 Å². The lowest BCUT2D eigenvalue weighted by Crippen LogP contribution is -2.29. The number of nitrogens with zero attached hydrogens (tertiary/aromatic N) is 2. The van der Waals surface area contributed by atoms with Crippen LogP contribution in [0, 0.1) is 21.4 Å². The molecule has 1 unspecified atom stereocenters. The SMILES string of the molecule is CCCCC(Nc1ccc(C#N)cc1[N+](=O)[O-])C(=O)O. The third kappa shape index (κ3) is 3.95. The van der Waals surface area contributed by atoms with E-state index < -0.39 is 16.9 Å². The third-order valence-electron chi connectivity index (χ3n) is 2.80. The summed E-state index contributed by atoms with van der Waals surface area (Å²) >= 11 is 0. The van der Waals surface area contributed by atoms with Crippen molar-refractivity contribution in [3.05, 3.63) is 33.9 Å². The van der Waals surface area contributed by atoms with Gasteiger partial charge in [0.05, 0.1) is 16.6 Å². The normalized spacial score (nSPS) is 11.4. The predicted molar refractivity (Wildman–Crippen MR) is 72.4 cm³/mol. The fraction of sp³-hybridized carbons (Fsp3) is 0.385. The zero-order valence-corrected chi connectivity index (χ0v) is 11.0. The van der Waals surface area contributed by atoms with E-state index in [0.29, 0.717) is 12.8 Å². The zero-order chi connectivity index (χ0) is 15.1. The van der Waals surface area contributed by atoms with Gasteiger partial charge >= 0.3 is 5.97 Å². The van der Waals surface area contributed by atoms with Gasteiger partial charge in [-0.05, 0) is 18.6 Å². The van der Waals surface area contributed by atoms with Crippen LogP contribution < -0.4 is 5.32 Å². The van der Waals surface area contributed by atoms with Crippen LogP contribution in [0.4, 0.5) is 11.4 Å². The second kappa shape index (κ2) is 7.09. The second-order valence-corrected chi connectivity index (χ2v) is 4.28. The minimum absolute atomic E-state index is 0.109. The Hall–Kier alpha value is -2.62. The average molecular weight is 277 g/mol. The first kappa shape index (κ1) is 15.4. The molecule has 0 fully saturated rings. The molecule has 0 spiro atoms. The Morgan fingerprint density at radius 2 is 2.30 bits per heavy atom. The lowest BCUT2D eigenvalue weighted by Gasteiger charge is -2.15. The topological polar surface area (TPSA) is 116 Å². The molecule has 0 aromatic heterocycles. The van der Waals surface area contributed by atoms with Gasteiger partial charge in [0.2, 0.25) is 0 Å². The number of carboxylic acids is 1. The van der Waals surface area contributed by atoms with Gasteiger partial charge in [-0.15, -0.1) is 0 Å². The number of rotatable bonds is 7. The van der Waals surface area contributed by atoms with Gasteiger partial charge in [0.25, 0.3) is 5.69 Å². The highest BCUT2D eigenvalue weighted by atomic mass is 16.6. The van der Waals surface area contributed by atoms with Crippen LogP contribution in [0.5, 0.6) is 0 Å². The monoisotopic (exact) mass is 277 g/mol. The Bertz CT molecular complexity index is 551. The Morgan fingerprint density at radius 3 is 2.80 bits per heavy atom. The summed E-state index contributed by atoms with van der Waals surface area (Å²) in [5.41, 5.74) is -0.0352. The summed E-state index contributed by atoms with van der Waals surface area (Å²) < 4.78 is 0. The average Bonchev–Trinajstić information content (AvgIpc) is 2.42. The lowest BCUT2D eigenvalue weighted by atomic mass is 10.1. The maximum atomic E-state index is 11.1. The van der Waals surface area contributed by atoms with E-state index in [4.69, 9.17) is 10.4 Å². The van der Waals surface area contributed by atoms with Crippen molar-refractivity contribution >= 4 is 17.3 Å². The van der Waals surface area contributed by atoms with E-state index >= 15 is 0 Å². The predicted octanol–water partition coefficient (Wildman–Crippen LogP) is 2.52. The maximum Gasteiger partial charge on any atom is 0.326 e. The first-order valence-electron chi connectivity index (χ1n) is 6.17. The summed E-state index contributed by atoms with van der Waals surface area (Å²) in [5, 5.41) is 31.5. The lowest BCUT2D eigenvalue weighted by molar-refractivity contribution is -0.384. The highest BCUT2D eigenvalue weighted by Crippen LogP contribution is 2.26. The molecule has 1 aromatic rings. The van der Waals surface area contributed by atoms with Crippen molar-refractivity contribution in [1.82, 2.24) is 0 Å². The summed E-state index contributed by atoms with van der Waals surface area (Å²) in [7, 11) is 0. The number of nitrogens with one attached hydrogen (secondary N) is 1. The van der Waals surface area contributed by atoms with E-state index in [1.165, 1.54) is 12.1 Å². The number of carbonyl (C=O) groups is 1. The number of aliphatic carboxylic acids is 1. The van der Waals surface area contributed by atoms with Gasteiger partial charge in [-0.25, -0.2) is 4.79 Å². The Balaban J connectivity index is 3.03. The van der Waals surface area contributed by atoms with Gasteiger partial charge in [0.15, 0.2) is 0 Å². The molecule has 0 amide bonds. The van der Waals surface area contributed by atoms with Crippen molar-refractivity contribution in [1.29, 1.82) is 5.26 Å². The van der Waals surface area contributed by atoms with Gasteiger partial charge in [0, 0.05) is 6.07 Å². The first-order valence-corrected chi connectivity index (χ1v) is 6.17. The van der Waals surface area contributed by atoms with Crippen molar-refractivity contribution < 1.29 is 14.8 Å². The van der Waals surface area contributed by atoms with Crippen LogP contribution in [-0.2, 0) is 4.79 Å². The van der Waals surface area contributed by atoms with E-state index in [1.807, 2.05) is 13.0 Å². The number of nitro groups is 1. The highest BCUT2D eigenvalue weighted by molar-refractivity contribution is 5.79. The van der Waals surface area contributed by atoms with Crippen LogP contribution in [-0.4, -0.2) is 22.0 Å². The van der Waals surface area contributed by atoms with Crippen LogP contribution in [0.25, 0.3) is 0 Å². The van der Waals surface area contributed by atoms with Crippen LogP contribution >= 0.6 is 0 Å². The summed E-state index contributed by atoms with van der Waals surface area (Å²) in [4.78, 5) is 21.5. The van der Waals surface area contributed by atoms with E-state index in [1.54, 1.807) is 0 Å². The Kier molecular flexibility index (Phi) is 5.47. The molecule has 0 heterocycles. The quantitative estimate of drug-likeness (QED) is 0.584. The number of hydrogen-bond donors (Lipinski definition) is 2. The molecule has 2 N–H and O–H groups in total. The molecule has 7 heteroatoms. The molecule has 0 aliphatic rings. The second-order valence-electron chi connectivity index (χ2n) is 4.28. The number of nitro benzene ring substituents is 1. The van der Waals surface area contributed by atoms with Crippen LogP contribution in [0.2, 0.25) is 0 Å². The van der Waals surface area contributed by atoms with Crippen molar-refractivity contribution in [3.63, 3.8) is 0 Å². The molecular formula is C13H15N3O4. The molecule has 0 radical (unpaired) electrons. The fourth-order valence-electron chi connectivity index (χ4n) is 1.73. The summed E-state index contributed by atoms with van der Waals surface area (Å²) in [5.74, 6) is -1.06. The zero-order valence-electron chi connectivity index (χ0n) is 11.0. The minimum Gasteiger partial charge on any atom is -0.480 e. The molecule has 0 bridgehead atoms. The van der Waals surface area contributed by atoms with E-state index in [-0.39, 0.29) is 16.9 Å². The maximum absolute atomic E-state index is 11.1. The number of benzene rings is 1. The third-order valence-corrected chi connectivity index (χ3v) is 2.80. The van der Waals surface area contributed by atoms with Gasteiger partial charge in [-0.3, -0.25) is 10.1 Å². The van der Waals surface area contributed by atoms with Crippen LogP contribution in [0.1, 0.15) is 31.7 Å². The summed E-state index contributed by atoms with van der Waals surface area (Å²) in [6, 6.07) is 4.82. The molecule has 0 saturated carbocycles. The number of unbranched alkanes of at least 4 members (excludes halogenated alkanes) is 1. The minimum atomic E-state index is -1.06. The molecule has 1 aromatic carbocycles. The standard InChI is InChI=1S/C13H15N3O4/c1-2-3-4-11(13(17)18)15-10-6-5-9(8-14)7-12(10)16(19)20/h5-7,11,15H,2-4H2,1H3,(H,17,18). The summed E-state index contributed by atoms with van der Waals surface area (Å²) in [6.45, 7) is 1.93. The first-order chi connectivity index (χ1) is 9.49. The number of anilines is 1. The van der Waals surface area contributed by atoms with Crippen molar-refractivity contribution in [3.8, 4) is 6.07 Å². The van der Waals surface area contributed by atoms with Crippen LogP contribution in [0.3, 0.4) is 0 Å². The fourth-order valence-corrected chi connectivity index (χ4v) is 1.73. The Morgan fingerprint density at radius 1 is 1.60 bits per heavy atom. The molecule has 0 aliphatic carbocycles. The van der Waals surface area contributed by atoms with E-state index in [9.17, 15) is 14.9 Å². The number of nitriles is 1. The number of hydrogen-bond acceptors (Lipinski definition) is 5. The van der Waals surface area contributed by atoms with E-state index in [2.05, 4.69) is 5.32 Å². The molecule has 7 nitrogen and oxygen atoms in total. The molecule has 1 atom stereocenters. The van der Waals surface area contributed by atoms with Gasteiger partial charge in [-0.1, -0.05) is 19.8 Å². The molecule has 1 rings (SSSR count). The molecule has 0 aliphatic heterocycles. The van der Waals surface area contributed by atoms with Crippen molar-refractivity contribution in [2.24, 2.45) is 0 Å². The van der Waals surface area contributed by atoms with Gasteiger partial charge < -0.3 is 10.4 Å². The van der Waals surface area contributed by atoms with Gasteiger partial charge in [-0.2, -0.15) is 5.26 Å². The number of carboxylic acid groups (broad SMARTS) is 1. The van der Waals surface area contributed by atoms with Gasteiger partial charge in [0.1, 0.15) is 11.7 Å². The Labute approximate surface area is 116 Å². The largest absolute Gasteiger partial charge is 0.480 e. The summed E-state index contributed by atoms with van der Waals surface area (Å²) in [6.07, 6.45) is 1.91. The van der Waals surface area contributed by atoms with Crippen LogP contribution in [0.15, 0.2) is 18.2 Å². The molecule has 20 heavy (non-hydrogen) atoms. The smallest absolute Gasteiger partial charge is 0.326 e. The molecular weight excluding hydrogens is 262 g/mol. The highest BCUT2D eigenvalue weighted by Gasteiger charge is 2.21. The van der Waals surface area contributed by atoms with Crippen molar-refractivity contribution in [2.75, 3.05) is 5.32 Å². The molecule has 106 valence electrons. The molecule has 0 saturated heterocycles. The van der Waals surface area contributed by atoms with E-state index in [0.717, 1.165) is 12.5 Å².